The van der Waals surface area contributed by atoms with Crippen LogP contribution in [0.3, 0.4) is 0 Å². The van der Waals surface area contributed by atoms with Gasteiger partial charge in [-0.2, -0.15) is 5.10 Å². The lowest BCUT2D eigenvalue weighted by Gasteiger charge is -1.98. The van der Waals surface area contributed by atoms with Gasteiger partial charge < -0.3 is 0 Å². The number of rotatable bonds is 4. The smallest absolute Gasteiger partial charge is 0.185 e. The molecule has 3 heteroatoms. The molecule has 0 amide bonds. The highest BCUT2D eigenvalue weighted by Crippen LogP contribution is 2.12. The molecular weight excluding hydrogens is 248 g/mol. The lowest BCUT2D eigenvalue weighted by atomic mass is 10.1. The van der Waals surface area contributed by atoms with Crippen LogP contribution in [0.4, 0.5) is 0 Å². The summed E-state index contributed by atoms with van der Waals surface area (Å²) in [7, 11) is 0. The summed E-state index contributed by atoms with van der Waals surface area (Å²) in [6.45, 7) is 0.589. The molecule has 3 aromatic rings. The van der Waals surface area contributed by atoms with Gasteiger partial charge in [-0.25, -0.2) is 0 Å². The number of para-hydroxylation sites is 1. The zero-order chi connectivity index (χ0) is 13.8. The number of carbonyl (C=O) groups excluding carboxylic acids is 1. The average molecular weight is 262 g/mol. The Bertz CT molecular complexity index is 757. The minimum atomic E-state index is 0.0158. The summed E-state index contributed by atoms with van der Waals surface area (Å²) in [5.41, 5.74) is 1.78. The van der Waals surface area contributed by atoms with Crippen molar-refractivity contribution in [2.75, 3.05) is 0 Å². The van der Waals surface area contributed by atoms with Crippen LogP contribution in [0, 0.1) is 0 Å². The number of nitrogens with zero attached hydrogens (tertiary/aromatic N) is 2. The van der Waals surface area contributed by atoms with Gasteiger partial charge in [0.2, 0.25) is 0 Å². The maximum atomic E-state index is 11.9. The van der Waals surface area contributed by atoms with Gasteiger partial charge in [-0.05, 0) is 12.1 Å². The Morgan fingerprint density at radius 1 is 1.05 bits per heavy atom. The predicted molar refractivity (Wildman–Crippen MR) is 79.6 cm³/mol. The molecule has 0 unspecified atom stereocenters. The molecule has 0 N–H and O–H groups in total. The first-order chi connectivity index (χ1) is 9.84. The predicted octanol–water partition coefficient (Wildman–Crippen LogP) is 3.48. The van der Waals surface area contributed by atoms with Gasteiger partial charge in [-0.3, -0.25) is 9.48 Å². The van der Waals surface area contributed by atoms with Gasteiger partial charge in [0.1, 0.15) is 0 Å². The summed E-state index contributed by atoms with van der Waals surface area (Å²) in [5, 5.41) is 5.43. The van der Waals surface area contributed by atoms with Gasteiger partial charge in [-0.15, -0.1) is 0 Å². The topological polar surface area (TPSA) is 34.9 Å². The standard InChI is InChI=1S/C17H14N2O/c20-17(14-7-2-1-3-8-14)11-6-12-19-16-10-5-4-9-15(16)13-18-19/h1-11,13H,12H2/b11-6+. The zero-order valence-electron chi connectivity index (χ0n) is 10.9. The molecule has 0 atom stereocenters. The van der Waals surface area contributed by atoms with Crippen LogP contribution in [-0.4, -0.2) is 15.6 Å². The third-order valence-electron chi connectivity index (χ3n) is 3.16. The average Bonchev–Trinajstić information content (AvgIpc) is 2.92. The third-order valence-corrected chi connectivity index (χ3v) is 3.16. The van der Waals surface area contributed by atoms with Crippen molar-refractivity contribution >= 4 is 16.7 Å². The van der Waals surface area contributed by atoms with Crippen molar-refractivity contribution in [2.24, 2.45) is 0 Å². The molecule has 0 spiro atoms. The number of hydrogen-bond acceptors (Lipinski definition) is 2. The van der Waals surface area contributed by atoms with E-state index in [1.165, 1.54) is 0 Å². The van der Waals surface area contributed by atoms with Crippen molar-refractivity contribution in [3.05, 3.63) is 78.5 Å². The van der Waals surface area contributed by atoms with Gasteiger partial charge in [0, 0.05) is 10.9 Å². The number of ketones is 1. The van der Waals surface area contributed by atoms with Crippen LogP contribution in [0.5, 0.6) is 0 Å². The van der Waals surface area contributed by atoms with Crippen molar-refractivity contribution in [3.63, 3.8) is 0 Å². The third kappa shape index (κ3) is 2.52. The minimum absolute atomic E-state index is 0.0158. The fourth-order valence-corrected chi connectivity index (χ4v) is 2.13. The second-order valence-corrected chi connectivity index (χ2v) is 4.52. The van der Waals surface area contributed by atoms with E-state index in [0.29, 0.717) is 12.1 Å². The minimum Gasteiger partial charge on any atom is -0.289 e. The second kappa shape index (κ2) is 5.53. The quantitative estimate of drug-likeness (QED) is 0.533. The Kier molecular flexibility index (Phi) is 3.42. The van der Waals surface area contributed by atoms with E-state index < -0.39 is 0 Å². The summed E-state index contributed by atoms with van der Waals surface area (Å²) in [5.74, 6) is 0.0158. The number of carbonyl (C=O) groups is 1. The first-order valence-electron chi connectivity index (χ1n) is 6.51. The van der Waals surface area contributed by atoms with Gasteiger partial charge in [0.25, 0.3) is 0 Å². The molecule has 0 saturated heterocycles. The van der Waals surface area contributed by atoms with Gasteiger partial charge in [0.05, 0.1) is 18.3 Å². The monoisotopic (exact) mass is 262 g/mol. The van der Waals surface area contributed by atoms with Gasteiger partial charge in [-0.1, -0.05) is 54.6 Å². The molecule has 1 heterocycles. The molecule has 0 aliphatic heterocycles. The summed E-state index contributed by atoms with van der Waals surface area (Å²) in [4.78, 5) is 11.9. The Morgan fingerprint density at radius 2 is 1.80 bits per heavy atom. The second-order valence-electron chi connectivity index (χ2n) is 4.52. The fraction of sp³-hybridized carbons (Fsp3) is 0.0588. The van der Waals surface area contributed by atoms with E-state index in [9.17, 15) is 4.79 Å². The van der Waals surface area contributed by atoms with Crippen molar-refractivity contribution in [1.82, 2.24) is 9.78 Å². The highest BCUT2D eigenvalue weighted by Gasteiger charge is 2.01. The van der Waals surface area contributed by atoms with E-state index in [0.717, 1.165) is 10.9 Å². The Morgan fingerprint density at radius 3 is 2.65 bits per heavy atom. The molecule has 20 heavy (non-hydrogen) atoms. The summed E-state index contributed by atoms with van der Waals surface area (Å²) >= 11 is 0. The summed E-state index contributed by atoms with van der Waals surface area (Å²) in [6, 6.07) is 17.3. The largest absolute Gasteiger partial charge is 0.289 e. The zero-order valence-corrected chi connectivity index (χ0v) is 10.9. The number of benzene rings is 2. The van der Waals surface area contributed by atoms with Gasteiger partial charge >= 0.3 is 0 Å². The molecule has 1 aromatic heterocycles. The molecule has 3 nitrogen and oxygen atoms in total. The van der Waals surface area contributed by atoms with Crippen LogP contribution in [0.1, 0.15) is 10.4 Å². The molecule has 0 saturated carbocycles. The molecule has 0 aliphatic rings. The van der Waals surface area contributed by atoms with E-state index in [1.807, 2.05) is 71.6 Å². The number of allylic oxidation sites excluding steroid dienone is 2. The van der Waals surface area contributed by atoms with E-state index in [1.54, 1.807) is 6.08 Å². The van der Waals surface area contributed by atoms with E-state index in [4.69, 9.17) is 0 Å². The molecule has 98 valence electrons. The molecule has 2 aromatic carbocycles. The number of aromatic nitrogens is 2. The molecule has 0 radical (unpaired) electrons. The SMILES string of the molecule is O=C(/C=C/Cn1ncc2ccccc21)c1ccccc1. The van der Waals surface area contributed by atoms with Crippen molar-refractivity contribution in [1.29, 1.82) is 0 Å². The van der Waals surface area contributed by atoms with Crippen LogP contribution in [0.15, 0.2) is 72.9 Å². The van der Waals surface area contributed by atoms with Crippen molar-refractivity contribution < 1.29 is 4.79 Å². The van der Waals surface area contributed by atoms with E-state index in [-0.39, 0.29) is 5.78 Å². The van der Waals surface area contributed by atoms with Crippen molar-refractivity contribution in [3.8, 4) is 0 Å². The molecule has 0 bridgehead atoms. The van der Waals surface area contributed by atoms with Crippen LogP contribution < -0.4 is 0 Å². The first kappa shape index (κ1) is 12.4. The molecule has 3 rings (SSSR count). The Hall–Kier alpha value is -2.68. The van der Waals surface area contributed by atoms with Crippen molar-refractivity contribution in [2.45, 2.75) is 6.54 Å². The Balaban J connectivity index is 1.73. The lowest BCUT2D eigenvalue weighted by molar-refractivity contribution is 0.104. The van der Waals surface area contributed by atoms with Gasteiger partial charge in [0.15, 0.2) is 5.78 Å². The highest BCUT2D eigenvalue weighted by molar-refractivity contribution is 6.04. The molecule has 0 aliphatic carbocycles. The van der Waals surface area contributed by atoms with Crippen LogP contribution in [0.25, 0.3) is 10.9 Å². The molecule has 0 fully saturated rings. The lowest BCUT2D eigenvalue weighted by Crippen LogP contribution is -1.99. The van der Waals surface area contributed by atoms with E-state index >= 15 is 0 Å². The van der Waals surface area contributed by atoms with Crippen LogP contribution >= 0.6 is 0 Å². The van der Waals surface area contributed by atoms with E-state index in [2.05, 4.69) is 5.10 Å². The highest BCUT2D eigenvalue weighted by atomic mass is 16.1. The summed E-state index contributed by atoms with van der Waals surface area (Å²) < 4.78 is 1.88. The normalized spacial score (nSPS) is 11.2. The van der Waals surface area contributed by atoms with Crippen LogP contribution in [0.2, 0.25) is 0 Å². The van der Waals surface area contributed by atoms with Crippen LogP contribution in [-0.2, 0) is 6.54 Å². The summed E-state index contributed by atoms with van der Waals surface area (Å²) in [6.07, 6.45) is 5.28. The maximum absolute atomic E-state index is 11.9. The Labute approximate surface area is 117 Å². The number of hydrogen-bond donors (Lipinski definition) is 0. The number of fused-ring (bicyclic) bond motifs is 1. The molecular formula is C17H14N2O. The first-order valence-corrected chi connectivity index (χ1v) is 6.51. The maximum Gasteiger partial charge on any atom is 0.185 e. The fourth-order valence-electron chi connectivity index (χ4n) is 2.13.